The molecule has 1 atom stereocenters. The lowest BCUT2D eigenvalue weighted by atomic mass is 9.95. The molecule has 0 saturated carbocycles. The summed E-state index contributed by atoms with van der Waals surface area (Å²) in [6.07, 6.45) is 1.46. The van der Waals surface area contributed by atoms with Crippen LogP contribution in [0.1, 0.15) is 41.6 Å². The van der Waals surface area contributed by atoms with E-state index in [0.717, 1.165) is 17.7 Å². The fourth-order valence-corrected chi connectivity index (χ4v) is 3.86. The Bertz CT molecular complexity index is 898. The highest BCUT2D eigenvalue weighted by atomic mass is 35.5. The van der Waals surface area contributed by atoms with E-state index in [1.54, 1.807) is 35.9 Å². The van der Waals surface area contributed by atoms with Gasteiger partial charge >= 0.3 is 0 Å². The number of amides is 1. The summed E-state index contributed by atoms with van der Waals surface area (Å²) in [7, 11) is 1.77. The lowest BCUT2D eigenvalue weighted by Crippen LogP contribution is -2.33. The van der Waals surface area contributed by atoms with Crippen LogP contribution in [0.3, 0.4) is 0 Å². The van der Waals surface area contributed by atoms with Crippen molar-refractivity contribution in [1.29, 1.82) is 5.41 Å². The molecule has 0 aromatic heterocycles. The summed E-state index contributed by atoms with van der Waals surface area (Å²) in [4.78, 5) is 27.6. The molecule has 28 heavy (non-hydrogen) atoms. The number of amidine groups is 1. The maximum atomic E-state index is 12.7. The molecular weight excluding hydrogens is 374 g/mol. The van der Waals surface area contributed by atoms with Crippen molar-refractivity contribution in [2.75, 3.05) is 25.0 Å². The number of fused-ring (bicyclic) bond motifs is 1. The maximum Gasteiger partial charge on any atom is 0.219 e. The van der Waals surface area contributed by atoms with Crippen LogP contribution in [0.25, 0.3) is 0 Å². The van der Waals surface area contributed by atoms with Crippen molar-refractivity contribution in [2.24, 2.45) is 0 Å². The molecule has 1 N–H and O–H groups in total. The van der Waals surface area contributed by atoms with Gasteiger partial charge in [0.15, 0.2) is 5.78 Å². The highest BCUT2D eigenvalue weighted by Crippen LogP contribution is 2.43. The molecule has 5 nitrogen and oxygen atoms in total. The number of ketones is 1. The molecule has 2 aromatic rings. The van der Waals surface area contributed by atoms with Gasteiger partial charge in [-0.15, -0.1) is 0 Å². The predicted molar refractivity (Wildman–Crippen MR) is 113 cm³/mol. The maximum absolute atomic E-state index is 12.7. The first-order valence-corrected chi connectivity index (χ1v) is 9.72. The average molecular weight is 398 g/mol. The molecular formula is C22H24ClN3O2. The largest absolute Gasteiger partial charge is 0.346 e. The highest BCUT2D eigenvalue weighted by Gasteiger charge is 2.36. The second kappa shape index (κ2) is 8.57. The van der Waals surface area contributed by atoms with Crippen molar-refractivity contribution in [3.63, 3.8) is 0 Å². The van der Waals surface area contributed by atoms with Gasteiger partial charge in [-0.25, -0.2) is 0 Å². The van der Waals surface area contributed by atoms with Gasteiger partial charge in [0.1, 0.15) is 5.84 Å². The third-order valence-electron chi connectivity index (χ3n) is 5.21. The summed E-state index contributed by atoms with van der Waals surface area (Å²) in [5, 5.41) is 9.32. The molecule has 0 bridgehead atoms. The first kappa shape index (κ1) is 20.1. The molecule has 0 unspecified atom stereocenters. The summed E-state index contributed by atoms with van der Waals surface area (Å²) in [5.74, 6) is 0.203. The van der Waals surface area contributed by atoms with Crippen LogP contribution >= 0.6 is 11.6 Å². The minimum Gasteiger partial charge on any atom is -0.346 e. The first-order chi connectivity index (χ1) is 13.4. The number of halogens is 1. The second-order valence-electron chi connectivity index (χ2n) is 7.07. The molecule has 0 fully saturated rings. The van der Waals surface area contributed by atoms with Gasteiger partial charge in [-0.05, 0) is 25.0 Å². The lowest BCUT2D eigenvalue weighted by Gasteiger charge is -2.20. The Labute approximate surface area is 170 Å². The molecule has 1 aliphatic heterocycles. The van der Waals surface area contributed by atoms with E-state index in [1.165, 1.54) is 0 Å². The van der Waals surface area contributed by atoms with Crippen molar-refractivity contribution in [2.45, 2.75) is 25.7 Å². The first-order valence-electron chi connectivity index (χ1n) is 9.34. The molecule has 1 aliphatic rings. The Balaban J connectivity index is 1.80. The van der Waals surface area contributed by atoms with Crippen molar-refractivity contribution < 1.29 is 9.59 Å². The van der Waals surface area contributed by atoms with E-state index >= 15 is 0 Å². The number of hydrogen-bond donors (Lipinski definition) is 1. The third-order valence-corrected chi connectivity index (χ3v) is 5.54. The molecule has 2 aromatic carbocycles. The summed E-state index contributed by atoms with van der Waals surface area (Å²) in [5.41, 5.74) is 2.36. The van der Waals surface area contributed by atoms with E-state index < -0.39 is 0 Å². The van der Waals surface area contributed by atoms with Crippen LogP contribution in [0.5, 0.6) is 0 Å². The summed E-state index contributed by atoms with van der Waals surface area (Å²) >= 11 is 6.47. The summed E-state index contributed by atoms with van der Waals surface area (Å²) < 4.78 is 0. The minimum absolute atomic E-state index is 0.0232. The van der Waals surface area contributed by atoms with Gasteiger partial charge in [-0.1, -0.05) is 48.0 Å². The van der Waals surface area contributed by atoms with Crippen LogP contribution < -0.4 is 4.90 Å². The number of anilines is 1. The fourth-order valence-electron chi connectivity index (χ4n) is 3.56. The Kier molecular flexibility index (Phi) is 6.15. The zero-order valence-corrected chi connectivity index (χ0v) is 16.9. The van der Waals surface area contributed by atoms with Gasteiger partial charge in [0, 0.05) is 48.3 Å². The molecule has 1 amide bonds. The van der Waals surface area contributed by atoms with Crippen molar-refractivity contribution in [3.05, 3.63) is 64.7 Å². The van der Waals surface area contributed by atoms with Crippen molar-refractivity contribution >= 4 is 34.8 Å². The Morgan fingerprint density at radius 2 is 1.86 bits per heavy atom. The van der Waals surface area contributed by atoms with Crippen molar-refractivity contribution in [1.82, 2.24) is 4.90 Å². The van der Waals surface area contributed by atoms with Gasteiger partial charge in [-0.3, -0.25) is 15.0 Å². The van der Waals surface area contributed by atoms with E-state index in [9.17, 15) is 9.59 Å². The van der Waals surface area contributed by atoms with E-state index in [0.29, 0.717) is 29.4 Å². The van der Waals surface area contributed by atoms with Gasteiger partial charge in [-0.2, -0.15) is 0 Å². The molecule has 6 heteroatoms. The monoisotopic (exact) mass is 397 g/mol. The predicted octanol–water partition coefficient (Wildman–Crippen LogP) is 4.36. The molecule has 0 aliphatic carbocycles. The van der Waals surface area contributed by atoms with Gasteiger partial charge in [0.05, 0.1) is 6.54 Å². The summed E-state index contributed by atoms with van der Waals surface area (Å²) in [6.45, 7) is 2.28. The van der Waals surface area contributed by atoms with Crippen LogP contribution in [0.4, 0.5) is 5.69 Å². The van der Waals surface area contributed by atoms with Gasteiger partial charge < -0.3 is 9.80 Å². The molecule has 0 radical (unpaired) electrons. The Morgan fingerprint density at radius 3 is 2.54 bits per heavy atom. The number of hydrogen-bond acceptors (Lipinski definition) is 3. The third kappa shape index (κ3) is 4.09. The van der Waals surface area contributed by atoms with Crippen LogP contribution in [0.2, 0.25) is 5.02 Å². The van der Waals surface area contributed by atoms with Crippen LogP contribution in [0, 0.1) is 5.41 Å². The number of rotatable bonds is 7. The smallest absolute Gasteiger partial charge is 0.219 e. The van der Waals surface area contributed by atoms with Crippen molar-refractivity contribution in [3.8, 4) is 0 Å². The Morgan fingerprint density at radius 1 is 1.14 bits per heavy atom. The van der Waals surface area contributed by atoms with E-state index in [2.05, 4.69) is 0 Å². The van der Waals surface area contributed by atoms with Crippen LogP contribution in [0.15, 0.2) is 48.5 Å². The normalized spacial score (nSPS) is 15.5. The van der Waals surface area contributed by atoms with Crippen LogP contribution in [-0.2, 0) is 4.79 Å². The second-order valence-corrected chi connectivity index (χ2v) is 7.48. The van der Waals surface area contributed by atoms with Crippen LogP contribution in [-0.4, -0.2) is 42.6 Å². The zero-order valence-electron chi connectivity index (χ0n) is 16.1. The lowest BCUT2D eigenvalue weighted by molar-refractivity contribution is -0.127. The molecule has 1 heterocycles. The minimum atomic E-state index is -0.173. The quantitative estimate of drug-likeness (QED) is 0.706. The van der Waals surface area contributed by atoms with Gasteiger partial charge in [0.2, 0.25) is 5.91 Å². The Hall–Kier alpha value is -2.66. The number of nitrogens with one attached hydrogen (secondary N) is 1. The zero-order chi connectivity index (χ0) is 20.3. The van der Waals surface area contributed by atoms with Gasteiger partial charge in [0.25, 0.3) is 0 Å². The molecule has 0 spiro atoms. The summed E-state index contributed by atoms with van der Waals surface area (Å²) in [6, 6.07) is 14.7. The molecule has 0 saturated heterocycles. The average Bonchev–Trinajstić information content (AvgIpc) is 2.95. The number of carbonyl (C=O) groups is 2. The number of Topliss-reactive ketones (excluding diaryl/α,β-unsaturated/α-hetero) is 1. The SMILES string of the molecule is CC(=O)N(C)CCC[C@@H]1C(=N)N(CC(=O)c2ccccc2)c2cccc(Cl)c21. The number of benzene rings is 2. The van der Waals surface area contributed by atoms with E-state index in [4.69, 9.17) is 17.0 Å². The standard InChI is InChI=1S/C22H24ClN3O2/c1-15(27)25(2)13-7-10-17-21-18(23)11-6-12-19(21)26(22(17)24)14-20(28)16-8-4-3-5-9-16/h3-6,8-9,11-12,17,24H,7,10,13-14H2,1-2H3/t17-/m0/s1. The number of carbonyl (C=O) groups excluding carboxylic acids is 2. The molecule has 146 valence electrons. The highest BCUT2D eigenvalue weighted by molar-refractivity contribution is 6.33. The number of nitrogens with zero attached hydrogens (tertiary/aromatic N) is 2. The van der Waals surface area contributed by atoms with E-state index in [1.807, 2.05) is 36.4 Å². The molecule has 3 rings (SSSR count). The van der Waals surface area contributed by atoms with E-state index in [-0.39, 0.29) is 24.2 Å². The topological polar surface area (TPSA) is 64.5 Å². The fraction of sp³-hybridized carbons (Fsp3) is 0.318.